The van der Waals surface area contributed by atoms with Gasteiger partial charge in [-0.25, -0.2) is 9.67 Å². The number of carbonyl (C=O) groups is 2. The van der Waals surface area contributed by atoms with Crippen molar-refractivity contribution in [3.63, 3.8) is 0 Å². The number of aromatic nitrogens is 3. The topological polar surface area (TPSA) is 83.4 Å². The van der Waals surface area contributed by atoms with Gasteiger partial charge >= 0.3 is 0 Å². The third-order valence-electron chi connectivity index (χ3n) is 5.43. The number of anilines is 1. The summed E-state index contributed by atoms with van der Waals surface area (Å²) in [7, 11) is 0. The first-order valence-corrected chi connectivity index (χ1v) is 10.5. The summed E-state index contributed by atoms with van der Waals surface area (Å²) in [5, 5.41) is 7.15. The Balaban J connectivity index is 1.28. The lowest BCUT2D eigenvalue weighted by Gasteiger charge is -2.34. The van der Waals surface area contributed by atoms with E-state index in [4.69, 9.17) is 0 Å². The van der Waals surface area contributed by atoms with Crippen LogP contribution in [0.1, 0.15) is 22.8 Å². The number of hydrogen-bond donors (Lipinski definition) is 1. The van der Waals surface area contributed by atoms with E-state index >= 15 is 0 Å². The van der Waals surface area contributed by atoms with E-state index in [0.717, 1.165) is 17.7 Å². The molecule has 0 bridgehead atoms. The molecule has 1 aliphatic heterocycles. The van der Waals surface area contributed by atoms with Gasteiger partial charge in [-0.2, -0.15) is 5.10 Å². The number of aryl methyl sites for hydroxylation is 1. The lowest BCUT2D eigenvalue weighted by Crippen LogP contribution is -2.50. The van der Waals surface area contributed by atoms with Gasteiger partial charge in [0, 0.05) is 50.5 Å². The average Bonchev–Trinajstić information content (AvgIpc) is 3.34. The van der Waals surface area contributed by atoms with Crippen LogP contribution in [0.25, 0.3) is 5.82 Å². The first kappa shape index (κ1) is 20.7. The van der Waals surface area contributed by atoms with Crippen LogP contribution >= 0.6 is 0 Å². The maximum atomic E-state index is 12.8. The van der Waals surface area contributed by atoms with Crippen molar-refractivity contribution in [1.82, 2.24) is 24.6 Å². The molecule has 1 saturated heterocycles. The van der Waals surface area contributed by atoms with Crippen LogP contribution < -0.4 is 5.32 Å². The number of amides is 2. The van der Waals surface area contributed by atoms with Crippen molar-refractivity contribution in [1.29, 1.82) is 0 Å². The van der Waals surface area contributed by atoms with Crippen LogP contribution in [0.2, 0.25) is 0 Å². The molecule has 31 heavy (non-hydrogen) atoms. The molecule has 160 valence electrons. The lowest BCUT2D eigenvalue weighted by atomic mass is 10.1. The molecular weight excluding hydrogens is 392 g/mol. The van der Waals surface area contributed by atoms with E-state index in [2.05, 4.69) is 27.2 Å². The smallest absolute Gasteiger partial charge is 0.255 e. The van der Waals surface area contributed by atoms with Crippen molar-refractivity contribution in [2.24, 2.45) is 0 Å². The summed E-state index contributed by atoms with van der Waals surface area (Å²) in [4.78, 5) is 33.5. The second kappa shape index (κ2) is 9.53. The number of benzene rings is 1. The zero-order valence-electron chi connectivity index (χ0n) is 17.6. The van der Waals surface area contributed by atoms with Gasteiger partial charge in [-0.05, 0) is 36.2 Å². The van der Waals surface area contributed by atoms with E-state index in [0.29, 0.717) is 44.1 Å². The maximum absolute atomic E-state index is 12.8. The minimum Gasteiger partial charge on any atom is -0.336 e. The van der Waals surface area contributed by atoms with Crippen LogP contribution in [0.3, 0.4) is 0 Å². The summed E-state index contributed by atoms with van der Waals surface area (Å²) in [5.41, 5.74) is 2.55. The van der Waals surface area contributed by atoms with Crippen LogP contribution in [0.4, 0.5) is 5.69 Å². The highest BCUT2D eigenvalue weighted by Gasteiger charge is 2.23. The van der Waals surface area contributed by atoms with Crippen LogP contribution in [0, 0.1) is 0 Å². The molecule has 1 aromatic carbocycles. The van der Waals surface area contributed by atoms with E-state index in [-0.39, 0.29) is 11.8 Å². The van der Waals surface area contributed by atoms with Crippen LogP contribution in [0.15, 0.2) is 61.1 Å². The Labute approximate surface area is 181 Å². The first-order chi connectivity index (χ1) is 15.1. The second-order valence-corrected chi connectivity index (χ2v) is 7.48. The number of piperazine rings is 1. The van der Waals surface area contributed by atoms with Gasteiger partial charge in [0.05, 0.1) is 12.1 Å². The largest absolute Gasteiger partial charge is 0.336 e. The predicted molar refractivity (Wildman–Crippen MR) is 118 cm³/mol. The minimum atomic E-state index is -0.0412. The molecule has 0 spiro atoms. The monoisotopic (exact) mass is 418 g/mol. The molecule has 0 unspecified atom stereocenters. The molecule has 1 aliphatic rings. The molecule has 0 atom stereocenters. The molecule has 3 aromatic rings. The first-order valence-electron chi connectivity index (χ1n) is 10.5. The highest BCUT2D eigenvalue weighted by molar-refractivity contribution is 5.94. The Morgan fingerprint density at radius 1 is 1.03 bits per heavy atom. The fourth-order valence-electron chi connectivity index (χ4n) is 3.69. The fourth-order valence-corrected chi connectivity index (χ4v) is 3.69. The molecule has 0 radical (unpaired) electrons. The van der Waals surface area contributed by atoms with Crippen molar-refractivity contribution >= 4 is 17.5 Å². The van der Waals surface area contributed by atoms with Gasteiger partial charge in [-0.15, -0.1) is 0 Å². The number of carbonyl (C=O) groups excluding carboxylic acids is 2. The summed E-state index contributed by atoms with van der Waals surface area (Å²) in [6.45, 7) is 4.87. The average molecular weight is 419 g/mol. The highest BCUT2D eigenvalue weighted by Crippen LogP contribution is 2.16. The number of nitrogens with zero attached hydrogens (tertiary/aromatic N) is 5. The minimum absolute atomic E-state index is 0.0286. The summed E-state index contributed by atoms with van der Waals surface area (Å²) in [5.74, 6) is 0.599. The molecule has 8 heteroatoms. The Morgan fingerprint density at radius 2 is 1.84 bits per heavy atom. The molecule has 2 aromatic heterocycles. The van der Waals surface area contributed by atoms with Gasteiger partial charge in [-0.1, -0.05) is 25.1 Å². The number of nitrogens with one attached hydrogen (secondary N) is 1. The van der Waals surface area contributed by atoms with Crippen LogP contribution in [0.5, 0.6) is 0 Å². The van der Waals surface area contributed by atoms with Gasteiger partial charge in [-0.3, -0.25) is 14.5 Å². The zero-order valence-corrected chi connectivity index (χ0v) is 17.6. The molecule has 3 heterocycles. The Morgan fingerprint density at radius 3 is 2.52 bits per heavy atom. The van der Waals surface area contributed by atoms with Crippen molar-refractivity contribution < 1.29 is 9.59 Å². The van der Waals surface area contributed by atoms with Gasteiger partial charge in [0.15, 0.2) is 5.82 Å². The summed E-state index contributed by atoms with van der Waals surface area (Å²) < 4.78 is 1.65. The Bertz CT molecular complexity index is 1020. The van der Waals surface area contributed by atoms with E-state index in [1.807, 2.05) is 35.2 Å². The van der Waals surface area contributed by atoms with Gasteiger partial charge in [0.1, 0.15) is 0 Å². The standard InChI is InChI=1S/C23H26N6O2/c1-2-18-6-3-4-7-20(18)26-22(30)17-27-12-14-28(15-13-27)23(31)19-8-9-21(24-16-19)29-11-5-10-25-29/h3-11,16H,2,12-15,17H2,1H3,(H,26,30). The van der Waals surface area contributed by atoms with Crippen molar-refractivity contribution in [2.75, 3.05) is 38.0 Å². The SMILES string of the molecule is CCc1ccccc1NC(=O)CN1CCN(C(=O)c2ccc(-n3cccn3)nc2)CC1. The Hall–Kier alpha value is -3.52. The maximum Gasteiger partial charge on any atom is 0.255 e. The van der Waals surface area contributed by atoms with E-state index in [1.54, 1.807) is 35.4 Å². The third kappa shape index (κ3) is 4.97. The predicted octanol–water partition coefficient (Wildman–Crippen LogP) is 2.23. The van der Waals surface area contributed by atoms with E-state index < -0.39 is 0 Å². The number of hydrogen-bond acceptors (Lipinski definition) is 5. The van der Waals surface area contributed by atoms with Crippen molar-refractivity contribution in [2.45, 2.75) is 13.3 Å². The van der Waals surface area contributed by atoms with E-state index in [1.165, 1.54) is 0 Å². The molecule has 0 saturated carbocycles. The molecule has 2 amide bonds. The summed E-state index contributed by atoms with van der Waals surface area (Å²) >= 11 is 0. The van der Waals surface area contributed by atoms with Crippen molar-refractivity contribution in [3.8, 4) is 5.82 Å². The zero-order chi connectivity index (χ0) is 21.6. The lowest BCUT2D eigenvalue weighted by molar-refractivity contribution is -0.117. The quantitative estimate of drug-likeness (QED) is 0.664. The van der Waals surface area contributed by atoms with Crippen LogP contribution in [-0.2, 0) is 11.2 Å². The molecule has 8 nitrogen and oxygen atoms in total. The molecular formula is C23H26N6O2. The number of rotatable bonds is 6. The summed E-state index contributed by atoms with van der Waals surface area (Å²) in [6, 6.07) is 13.2. The summed E-state index contributed by atoms with van der Waals surface area (Å²) in [6.07, 6.45) is 5.95. The third-order valence-corrected chi connectivity index (χ3v) is 5.43. The molecule has 1 fully saturated rings. The molecule has 1 N–H and O–H groups in total. The van der Waals surface area contributed by atoms with Gasteiger partial charge in [0.2, 0.25) is 5.91 Å². The van der Waals surface area contributed by atoms with E-state index in [9.17, 15) is 9.59 Å². The molecule has 0 aliphatic carbocycles. The number of para-hydroxylation sites is 1. The normalized spacial score (nSPS) is 14.4. The number of pyridine rings is 1. The highest BCUT2D eigenvalue weighted by atomic mass is 16.2. The fraction of sp³-hybridized carbons (Fsp3) is 0.304. The molecule has 4 rings (SSSR count). The van der Waals surface area contributed by atoms with Crippen molar-refractivity contribution in [3.05, 3.63) is 72.2 Å². The van der Waals surface area contributed by atoms with Gasteiger partial charge in [0.25, 0.3) is 5.91 Å². The Kier molecular flexibility index (Phi) is 6.37. The second-order valence-electron chi connectivity index (χ2n) is 7.48. The van der Waals surface area contributed by atoms with Gasteiger partial charge < -0.3 is 10.2 Å². The van der Waals surface area contributed by atoms with Crippen LogP contribution in [-0.4, -0.2) is 69.1 Å².